The van der Waals surface area contributed by atoms with E-state index in [1.165, 1.54) is 38.8 Å². The Hall–Kier alpha value is -0.0400. The third-order valence-corrected chi connectivity index (χ3v) is 3.64. The molecule has 1 rings (SSSR count). The van der Waals surface area contributed by atoms with Gasteiger partial charge in [-0.25, -0.2) is 0 Å². The van der Waals surface area contributed by atoms with Gasteiger partial charge in [-0.05, 0) is 50.7 Å². The molecule has 0 unspecified atom stereocenters. The molecule has 1 aliphatic rings. The van der Waals surface area contributed by atoms with Gasteiger partial charge < -0.3 is 4.90 Å². The van der Waals surface area contributed by atoms with Gasteiger partial charge in [-0.2, -0.15) is 0 Å². The number of nitrogens with zero attached hydrogens (tertiary/aromatic N) is 1. The lowest BCUT2D eigenvalue weighted by molar-refractivity contribution is 0.0939. The van der Waals surface area contributed by atoms with Gasteiger partial charge in [0.1, 0.15) is 0 Å². The molecule has 0 aromatic carbocycles. The molecule has 0 spiro atoms. The molecule has 1 fully saturated rings. The van der Waals surface area contributed by atoms with Crippen LogP contribution < -0.4 is 0 Å². The predicted molar refractivity (Wildman–Crippen MR) is 70.3 cm³/mol. The second-order valence-electron chi connectivity index (χ2n) is 5.25. The summed E-state index contributed by atoms with van der Waals surface area (Å²) in [5, 5.41) is 0. The molecule has 0 bridgehead atoms. The fraction of sp³-hybridized carbons (Fsp3) is 1.00. The van der Waals surface area contributed by atoms with Crippen molar-refractivity contribution in [3.63, 3.8) is 0 Å². The van der Waals surface area contributed by atoms with Crippen LogP contribution in [-0.2, 0) is 0 Å². The molecule has 0 aromatic rings. The second kappa shape index (κ2) is 7.27. The number of rotatable bonds is 3. The van der Waals surface area contributed by atoms with E-state index in [1.54, 1.807) is 0 Å². The monoisotopic (exact) mass is 213 g/mol. The van der Waals surface area contributed by atoms with E-state index in [1.807, 2.05) is 13.8 Å². The number of hydrogen-bond acceptors (Lipinski definition) is 1. The van der Waals surface area contributed by atoms with Crippen LogP contribution in [0.3, 0.4) is 0 Å². The standard InChI is InChI=1S/C12H25N.C2H6/c1-5-12(10-11(2)3)6-8-13(4)9-7-12;1-2/h11H,5-10H2,1-4H3;1-2H3. The highest BCUT2D eigenvalue weighted by Crippen LogP contribution is 2.40. The van der Waals surface area contributed by atoms with Gasteiger partial charge in [-0.1, -0.05) is 41.0 Å². The van der Waals surface area contributed by atoms with Crippen LogP contribution in [0.1, 0.15) is 60.3 Å². The van der Waals surface area contributed by atoms with Crippen LogP contribution in [0, 0.1) is 11.3 Å². The summed E-state index contributed by atoms with van der Waals surface area (Å²) < 4.78 is 0. The molecule has 1 saturated heterocycles. The van der Waals surface area contributed by atoms with Crippen LogP contribution in [-0.4, -0.2) is 25.0 Å². The molecule has 15 heavy (non-hydrogen) atoms. The summed E-state index contributed by atoms with van der Waals surface area (Å²) in [6.45, 7) is 13.7. The maximum Gasteiger partial charge on any atom is -0.00165 e. The first kappa shape index (κ1) is 15.0. The molecule has 1 heterocycles. The minimum atomic E-state index is 0.681. The summed E-state index contributed by atoms with van der Waals surface area (Å²) >= 11 is 0. The highest BCUT2D eigenvalue weighted by molar-refractivity contribution is 4.84. The molecule has 0 radical (unpaired) electrons. The van der Waals surface area contributed by atoms with Crippen molar-refractivity contribution >= 4 is 0 Å². The average molecular weight is 213 g/mol. The topological polar surface area (TPSA) is 3.24 Å². The molecule has 1 nitrogen and oxygen atoms in total. The van der Waals surface area contributed by atoms with Gasteiger partial charge in [0.25, 0.3) is 0 Å². The fourth-order valence-electron chi connectivity index (χ4n) is 2.66. The maximum atomic E-state index is 2.47. The van der Waals surface area contributed by atoms with Crippen LogP contribution in [0.25, 0.3) is 0 Å². The quantitative estimate of drug-likeness (QED) is 0.680. The molecular formula is C14H31N. The fourth-order valence-corrected chi connectivity index (χ4v) is 2.66. The van der Waals surface area contributed by atoms with Gasteiger partial charge in [-0.3, -0.25) is 0 Å². The predicted octanol–water partition coefficient (Wildman–Crippen LogP) is 4.18. The van der Waals surface area contributed by atoms with E-state index in [-0.39, 0.29) is 0 Å². The Balaban J connectivity index is 0.000000921. The van der Waals surface area contributed by atoms with Gasteiger partial charge in [0, 0.05) is 0 Å². The molecule has 0 saturated carbocycles. The Bertz CT molecular complexity index is 143. The Labute approximate surface area is 97.2 Å². The van der Waals surface area contributed by atoms with E-state index in [2.05, 4.69) is 32.7 Å². The van der Waals surface area contributed by atoms with Crippen LogP contribution in [0.2, 0.25) is 0 Å². The summed E-state index contributed by atoms with van der Waals surface area (Å²) in [5.41, 5.74) is 0.681. The second-order valence-corrected chi connectivity index (χ2v) is 5.25. The van der Waals surface area contributed by atoms with Crippen LogP contribution in [0.5, 0.6) is 0 Å². The van der Waals surface area contributed by atoms with E-state index < -0.39 is 0 Å². The van der Waals surface area contributed by atoms with Crippen molar-refractivity contribution in [3.05, 3.63) is 0 Å². The Morgan fingerprint density at radius 2 is 1.60 bits per heavy atom. The zero-order valence-electron chi connectivity index (χ0n) is 11.8. The minimum absolute atomic E-state index is 0.681. The number of hydrogen-bond donors (Lipinski definition) is 0. The lowest BCUT2D eigenvalue weighted by Gasteiger charge is -2.41. The van der Waals surface area contributed by atoms with E-state index >= 15 is 0 Å². The molecular weight excluding hydrogens is 182 g/mol. The van der Waals surface area contributed by atoms with Crippen molar-refractivity contribution in [3.8, 4) is 0 Å². The Kier molecular flexibility index (Phi) is 7.25. The Morgan fingerprint density at radius 3 is 1.93 bits per heavy atom. The first-order valence-electron chi connectivity index (χ1n) is 6.76. The average Bonchev–Trinajstić information content (AvgIpc) is 2.24. The third-order valence-electron chi connectivity index (χ3n) is 3.64. The van der Waals surface area contributed by atoms with Crippen molar-refractivity contribution in [1.82, 2.24) is 4.90 Å². The van der Waals surface area contributed by atoms with E-state index in [0.717, 1.165) is 5.92 Å². The van der Waals surface area contributed by atoms with Crippen molar-refractivity contribution in [2.24, 2.45) is 11.3 Å². The van der Waals surface area contributed by atoms with Crippen molar-refractivity contribution < 1.29 is 0 Å². The molecule has 1 heteroatoms. The van der Waals surface area contributed by atoms with Crippen LogP contribution in [0.15, 0.2) is 0 Å². The molecule has 0 aliphatic carbocycles. The third kappa shape index (κ3) is 5.01. The molecule has 1 aliphatic heterocycles. The maximum absolute atomic E-state index is 2.47. The summed E-state index contributed by atoms with van der Waals surface area (Å²) in [4.78, 5) is 2.47. The van der Waals surface area contributed by atoms with Crippen LogP contribution in [0.4, 0.5) is 0 Å². The van der Waals surface area contributed by atoms with Crippen molar-refractivity contribution in [2.75, 3.05) is 20.1 Å². The van der Waals surface area contributed by atoms with Gasteiger partial charge in [0.15, 0.2) is 0 Å². The zero-order chi connectivity index (χ0) is 11.9. The summed E-state index contributed by atoms with van der Waals surface area (Å²) in [5.74, 6) is 0.864. The van der Waals surface area contributed by atoms with Gasteiger partial charge in [-0.15, -0.1) is 0 Å². The largest absolute Gasteiger partial charge is 0.306 e. The Morgan fingerprint density at radius 1 is 1.13 bits per heavy atom. The highest BCUT2D eigenvalue weighted by Gasteiger charge is 2.32. The summed E-state index contributed by atoms with van der Waals surface area (Å²) in [6, 6.07) is 0. The van der Waals surface area contributed by atoms with E-state index in [4.69, 9.17) is 0 Å². The number of piperidine rings is 1. The first-order chi connectivity index (χ1) is 7.08. The lowest BCUT2D eigenvalue weighted by Crippen LogP contribution is -2.38. The molecule has 0 N–H and O–H groups in total. The number of likely N-dealkylation sites (tertiary alicyclic amines) is 1. The van der Waals surface area contributed by atoms with E-state index in [9.17, 15) is 0 Å². The minimum Gasteiger partial charge on any atom is -0.306 e. The molecule has 92 valence electrons. The van der Waals surface area contributed by atoms with Gasteiger partial charge >= 0.3 is 0 Å². The zero-order valence-corrected chi connectivity index (χ0v) is 11.8. The molecule has 0 aromatic heterocycles. The van der Waals surface area contributed by atoms with Gasteiger partial charge in [0.2, 0.25) is 0 Å². The molecule has 0 amide bonds. The van der Waals surface area contributed by atoms with Crippen molar-refractivity contribution in [2.45, 2.75) is 60.3 Å². The normalized spacial score (nSPS) is 21.0. The SMILES string of the molecule is CC.CCC1(CC(C)C)CCN(C)CC1. The van der Waals surface area contributed by atoms with Gasteiger partial charge in [0.05, 0.1) is 0 Å². The van der Waals surface area contributed by atoms with Crippen molar-refractivity contribution in [1.29, 1.82) is 0 Å². The molecule has 0 atom stereocenters. The summed E-state index contributed by atoms with van der Waals surface area (Å²) in [7, 11) is 2.24. The summed E-state index contributed by atoms with van der Waals surface area (Å²) in [6.07, 6.45) is 5.63. The highest BCUT2D eigenvalue weighted by atomic mass is 15.1. The lowest BCUT2D eigenvalue weighted by atomic mass is 9.71. The first-order valence-corrected chi connectivity index (χ1v) is 6.76. The smallest absolute Gasteiger partial charge is 0.00165 e. The van der Waals surface area contributed by atoms with E-state index in [0.29, 0.717) is 5.41 Å². The van der Waals surface area contributed by atoms with Crippen LogP contribution >= 0.6 is 0 Å².